The molecule has 74 valence electrons. The maximum Gasteiger partial charge on any atom is 1.00 e. The summed E-state index contributed by atoms with van der Waals surface area (Å²) in [6.07, 6.45) is 8.34. The Morgan fingerprint density at radius 3 is 1.92 bits per heavy atom. The number of carbonyl (C=O) groups excluding carboxylic acids is 1. The molecular formula is C10H19O2Tl. The first-order valence-electron chi connectivity index (χ1n) is 4.97. The molecule has 0 aromatic rings. The summed E-state index contributed by atoms with van der Waals surface area (Å²) in [7, 11) is 0. The van der Waals surface area contributed by atoms with Gasteiger partial charge in [0.05, 0.1) is 0 Å². The first-order valence-corrected chi connectivity index (χ1v) is 4.97. The molecule has 0 spiro atoms. The van der Waals surface area contributed by atoms with Gasteiger partial charge < -0.3 is 9.90 Å². The molecule has 0 aromatic carbocycles. The predicted octanol–water partition coefficient (Wildman–Crippen LogP) is 1.50. The number of carboxylic acids is 1. The van der Waals surface area contributed by atoms with Gasteiger partial charge in [-0.1, -0.05) is 45.4 Å². The van der Waals surface area contributed by atoms with E-state index >= 15 is 0 Å². The van der Waals surface area contributed by atoms with E-state index in [1.54, 1.807) is 0 Å². The van der Waals surface area contributed by atoms with Crippen LogP contribution in [0, 0.1) is 0 Å². The van der Waals surface area contributed by atoms with Gasteiger partial charge in [-0.15, -0.1) is 0 Å². The minimum Gasteiger partial charge on any atom is -0.550 e. The average molecular weight is 376 g/mol. The molecule has 0 aromatic heterocycles. The van der Waals surface area contributed by atoms with Crippen molar-refractivity contribution in [2.45, 2.75) is 58.3 Å². The first-order chi connectivity index (χ1) is 5.77. The van der Waals surface area contributed by atoms with E-state index in [0.717, 1.165) is 12.8 Å². The Hall–Kier alpha value is 0.392. The molecule has 13 heavy (non-hydrogen) atoms. The second kappa shape index (κ2) is 12.4. The van der Waals surface area contributed by atoms with Crippen LogP contribution in [0.25, 0.3) is 0 Å². The summed E-state index contributed by atoms with van der Waals surface area (Å²) in [5.41, 5.74) is 0. The number of aliphatic carboxylic acids is 1. The molecule has 0 N–H and O–H groups in total. The Morgan fingerprint density at radius 2 is 1.46 bits per heavy atom. The molecule has 0 fully saturated rings. The number of carboxylic acid groups (broad SMARTS) is 1. The van der Waals surface area contributed by atoms with Gasteiger partial charge in [0.2, 0.25) is 0 Å². The minimum atomic E-state index is -0.913. The smallest absolute Gasteiger partial charge is 0.550 e. The third-order valence-electron chi connectivity index (χ3n) is 1.98. The van der Waals surface area contributed by atoms with Crippen molar-refractivity contribution in [2.24, 2.45) is 0 Å². The van der Waals surface area contributed by atoms with Crippen LogP contribution in [0.5, 0.6) is 0 Å². The van der Waals surface area contributed by atoms with Crippen molar-refractivity contribution in [3.05, 3.63) is 0 Å². The third kappa shape index (κ3) is 15.2. The van der Waals surface area contributed by atoms with Crippen molar-refractivity contribution in [1.29, 1.82) is 0 Å². The monoisotopic (exact) mass is 376 g/mol. The van der Waals surface area contributed by atoms with Crippen molar-refractivity contribution >= 4 is 33.3 Å². The number of hydrogen-bond donors (Lipinski definition) is 0. The summed E-state index contributed by atoms with van der Waals surface area (Å²) in [4.78, 5) is 10.0. The largest absolute Gasteiger partial charge is 1.00 e. The van der Waals surface area contributed by atoms with E-state index in [0.29, 0.717) is 0 Å². The first kappa shape index (κ1) is 15.8. The molecule has 0 saturated heterocycles. The molecular weight excluding hydrogens is 356 g/mol. The topological polar surface area (TPSA) is 40.1 Å². The van der Waals surface area contributed by atoms with Crippen molar-refractivity contribution in [3.63, 3.8) is 0 Å². The van der Waals surface area contributed by atoms with Gasteiger partial charge in [0.1, 0.15) is 0 Å². The molecule has 0 bridgehead atoms. The zero-order valence-electron chi connectivity index (χ0n) is 8.55. The molecule has 2 nitrogen and oxygen atoms in total. The normalized spacial score (nSPS) is 9.31. The summed E-state index contributed by atoms with van der Waals surface area (Å²) in [6, 6.07) is 0. The zero-order valence-corrected chi connectivity index (χ0v) is 13.0. The van der Waals surface area contributed by atoms with Crippen LogP contribution in [0.3, 0.4) is 0 Å². The van der Waals surface area contributed by atoms with Crippen LogP contribution in [0.15, 0.2) is 0 Å². The van der Waals surface area contributed by atoms with Gasteiger partial charge in [-0.05, 0) is 12.8 Å². The Labute approximate surface area is 101 Å². The molecule has 0 aliphatic heterocycles. The average Bonchev–Trinajstić information content (AvgIpc) is 2.02. The van der Waals surface area contributed by atoms with Gasteiger partial charge in [-0.2, -0.15) is 0 Å². The van der Waals surface area contributed by atoms with Crippen molar-refractivity contribution in [3.8, 4) is 0 Å². The second-order valence-corrected chi connectivity index (χ2v) is 3.24. The van der Waals surface area contributed by atoms with E-state index < -0.39 is 5.97 Å². The summed E-state index contributed by atoms with van der Waals surface area (Å²) in [6.45, 7) is 2.19. The number of hydrogen-bond acceptors (Lipinski definition) is 2. The van der Waals surface area contributed by atoms with Gasteiger partial charge in [0.25, 0.3) is 0 Å². The fraction of sp³-hybridized carbons (Fsp3) is 0.900. The molecule has 0 aliphatic rings. The van der Waals surface area contributed by atoms with Crippen LogP contribution < -0.4 is 5.11 Å². The van der Waals surface area contributed by atoms with Crippen LogP contribution in [-0.4, -0.2) is 33.3 Å². The maximum atomic E-state index is 10.0. The fourth-order valence-electron chi connectivity index (χ4n) is 1.23. The molecule has 0 unspecified atom stereocenters. The number of carbonyl (C=O) groups is 1. The van der Waals surface area contributed by atoms with E-state index in [1.807, 2.05) is 0 Å². The van der Waals surface area contributed by atoms with Crippen LogP contribution in [-0.2, 0) is 4.79 Å². The minimum absolute atomic E-state index is 0. The van der Waals surface area contributed by atoms with Crippen molar-refractivity contribution in [1.82, 2.24) is 0 Å². The number of rotatable bonds is 8. The molecule has 0 amide bonds. The molecule has 0 atom stereocenters. The predicted molar refractivity (Wildman–Crippen MR) is 53.4 cm³/mol. The van der Waals surface area contributed by atoms with Crippen LogP contribution >= 0.6 is 0 Å². The van der Waals surface area contributed by atoms with Gasteiger partial charge in [0, 0.05) is 5.97 Å². The van der Waals surface area contributed by atoms with Crippen LogP contribution in [0.2, 0.25) is 0 Å². The van der Waals surface area contributed by atoms with Gasteiger partial charge >= 0.3 is 27.3 Å². The molecule has 0 heterocycles. The van der Waals surface area contributed by atoms with Crippen LogP contribution in [0.4, 0.5) is 0 Å². The molecule has 3 heteroatoms. The van der Waals surface area contributed by atoms with E-state index in [-0.39, 0.29) is 33.7 Å². The van der Waals surface area contributed by atoms with Crippen LogP contribution in [0.1, 0.15) is 58.3 Å². The molecule has 0 aliphatic carbocycles. The Kier molecular flexibility index (Phi) is 15.1. The number of unbranched alkanes of at least 4 members (excludes halogenated alkanes) is 6. The quantitative estimate of drug-likeness (QED) is 0.476. The zero-order chi connectivity index (χ0) is 9.23. The van der Waals surface area contributed by atoms with Gasteiger partial charge in [-0.25, -0.2) is 0 Å². The van der Waals surface area contributed by atoms with E-state index in [1.165, 1.54) is 32.1 Å². The summed E-state index contributed by atoms with van der Waals surface area (Å²) >= 11 is 0. The second-order valence-electron chi connectivity index (χ2n) is 3.24. The molecule has 0 radical (unpaired) electrons. The molecule has 0 saturated carbocycles. The Balaban J connectivity index is 0. The fourth-order valence-corrected chi connectivity index (χ4v) is 1.23. The maximum absolute atomic E-state index is 10.0. The van der Waals surface area contributed by atoms with Gasteiger partial charge in [-0.3, -0.25) is 0 Å². The SMILES string of the molecule is CCCCCCCCCC(=O)[O-].[Tl+]. The van der Waals surface area contributed by atoms with E-state index in [4.69, 9.17) is 0 Å². The van der Waals surface area contributed by atoms with Crippen molar-refractivity contribution in [2.75, 3.05) is 0 Å². The Bertz CT molecular complexity index is 115. The molecule has 0 rings (SSSR count). The summed E-state index contributed by atoms with van der Waals surface area (Å²) in [5, 5.41) is 10.0. The van der Waals surface area contributed by atoms with Gasteiger partial charge in [0.15, 0.2) is 0 Å². The third-order valence-corrected chi connectivity index (χ3v) is 1.98. The summed E-state index contributed by atoms with van der Waals surface area (Å²) in [5.74, 6) is -0.913. The standard InChI is InChI=1S/C10H20O2.Tl/c1-2-3-4-5-6-7-8-9-10(11)12;/h2-9H2,1H3,(H,11,12);/q;+1/p-1. The summed E-state index contributed by atoms with van der Waals surface area (Å²) < 4.78 is 0. The van der Waals surface area contributed by atoms with Crippen molar-refractivity contribution < 1.29 is 9.90 Å². The van der Waals surface area contributed by atoms with E-state index in [2.05, 4.69) is 6.92 Å². The Morgan fingerprint density at radius 1 is 1.00 bits per heavy atom. The van der Waals surface area contributed by atoms with E-state index in [9.17, 15) is 9.90 Å².